The van der Waals surface area contributed by atoms with Crippen molar-refractivity contribution in [2.45, 2.75) is 31.3 Å². The van der Waals surface area contributed by atoms with Gasteiger partial charge in [0, 0.05) is 18.6 Å². The number of aliphatic hydroxyl groups excluding tert-OH is 2. The van der Waals surface area contributed by atoms with E-state index in [4.69, 9.17) is 20.3 Å². The summed E-state index contributed by atoms with van der Waals surface area (Å²) < 4.78 is 37.9. The van der Waals surface area contributed by atoms with Crippen LogP contribution >= 0.6 is 0 Å². The molecule has 0 aliphatic carbocycles. The fourth-order valence-corrected chi connectivity index (χ4v) is 3.28. The molecule has 2 aromatic heterocycles. The van der Waals surface area contributed by atoms with Crippen molar-refractivity contribution in [2.75, 3.05) is 30.1 Å². The number of hydrogen-bond acceptors (Lipinski definition) is 10. The summed E-state index contributed by atoms with van der Waals surface area (Å²) >= 11 is 0. The van der Waals surface area contributed by atoms with Crippen molar-refractivity contribution >= 4 is 23.4 Å². The van der Waals surface area contributed by atoms with Crippen LogP contribution in [0.5, 0.6) is 5.75 Å². The largest absolute Gasteiger partial charge is 0.495 e. The maximum Gasteiger partial charge on any atom is 0.351 e. The molecule has 3 atom stereocenters. The molecule has 37 heavy (non-hydrogen) atoms. The highest BCUT2D eigenvalue weighted by Crippen LogP contribution is 2.41. The first-order valence-electron chi connectivity index (χ1n) is 10.7. The number of aliphatic hydroxyl groups is 2. The number of aryl methyl sites for hydroxylation is 1. The number of carbonyl (C=O) groups is 1. The Bertz CT molecular complexity index is 1280. The summed E-state index contributed by atoms with van der Waals surface area (Å²) in [6.07, 6.45) is -0.185. The van der Waals surface area contributed by atoms with E-state index >= 15 is 0 Å². The Hall–Kier alpha value is -4.21. The first kappa shape index (κ1) is 27.4. The summed E-state index contributed by atoms with van der Waals surface area (Å²) in [4.78, 5) is 34.4. The standard InChI is InChI=1S/C13H14N4O2.C9H11F2N3O4/c1-9-3-4-11(19-2)10(7-9)16-13(18)17-12-8-14-5-6-15-12;10-9(11)6(16)4(3-15)18-7(9)14-2-1-5(12)13-8(14)17/h3-8H,1-2H3,(H2,15,16,17,18);1-2,4,6-7,15-16H,3H2,(H2,12,13,17)/t;4-,6-,7-/m.1/s1. The van der Waals surface area contributed by atoms with Gasteiger partial charge >= 0.3 is 17.6 Å². The number of nitrogens with two attached hydrogens (primary N) is 1. The smallest absolute Gasteiger partial charge is 0.351 e. The molecular weight excluding hydrogens is 496 g/mol. The molecule has 1 aromatic carbocycles. The molecule has 0 bridgehead atoms. The molecule has 15 heteroatoms. The van der Waals surface area contributed by atoms with Crippen LogP contribution in [0.25, 0.3) is 0 Å². The van der Waals surface area contributed by atoms with E-state index in [1.165, 1.54) is 18.6 Å². The highest BCUT2D eigenvalue weighted by atomic mass is 19.3. The Balaban J connectivity index is 0.000000206. The first-order valence-corrected chi connectivity index (χ1v) is 10.7. The molecule has 6 N–H and O–H groups in total. The fraction of sp³-hybridized carbons (Fsp3) is 0.318. The number of rotatable bonds is 5. The zero-order valence-corrected chi connectivity index (χ0v) is 19.7. The van der Waals surface area contributed by atoms with Crippen molar-refractivity contribution in [1.82, 2.24) is 19.5 Å². The zero-order valence-electron chi connectivity index (χ0n) is 19.7. The molecule has 13 nitrogen and oxygen atoms in total. The molecule has 3 heterocycles. The van der Waals surface area contributed by atoms with Gasteiger partial charge in [0.1, 0.15) is 17.7 Å². The summed E-state index contributed by atoms with van der Waals surface area (Å²) in [7, 11) is 1.55. The summed E-state index contributed by atoms with van der Waals surface area (Å²) in [6, 6.07) is 6.29. The van der Waals surface area contributed by atoms with Gasteiger partial charge in [0.25, 0.3) is 0 Å². The lowest BCUT2D eigenvalue weighted by Gasteiger charge is -2.20. The molecule has 4 rings (SSSR count). The van der Waals surface area contributed by atoms with E-state index in [0.29, 0.717) is 21.8 Å². The molecule has 0 spiro atoms. The molecule has 1 fully saturated rings. The van der Waals surface area contributed by atoms with Crippen LogP contribution in [0.4, 0.5) is 30.9 Å². The number of ether oxygens (including phenoxy) is 2. The number of hydrogen-bond donors (Lipinski definition) is 5. The second-order valence-corrected chi connectivity index (χ2v) is 7.74. The fourth-order valence-electron chi connectivity index (χ4n) is 3.28. The number of anilines is 3. The van der Waals surface area contributed by atoms with E-state index < -0.39 is 42.7 Å². The molecule has 1 aliphatic heterocycles. The second kappa shape index (κ2) is 11.7. The number of amides is 2. The average Bonchev–Trinajstić information content (AvgIpc) is 3.08. The quantitative estimate of drug-likeness (QED) is 0.326. The highest BCUT2D eigenvalue weighted by Gasteiger charge is 2.59. The maximum atomic E-state index is 13.7. The molecule has 3 aromatic rings. The molecule has 0 radical (unpaired) electrons. The molecule has 198 valence electrons. The average molecular weight is 521 g/mol. The minimum Gasteiger partial charge on any atom is -0.495 e. The second-order valence-electron chi connectivity index (χ2n) is 7.74. The van der Waals surface area contributed by atoms with Gasteiger partial charge in [-0.15, -0.1) is 0 Å². The van der Waals surface area contributed by atoms with Gasteiger partial charge in [-0.05, 0) is 30.7 Å². The van der Waals surface area contributed by atoms with Crippen LogP contribution in [0.3, 0.4) is 0 Å². The zero-order chi connectivity index (χ0) is 27.2. The minimum atomic E-state index is -3.71. The van der Waals surface area contributed by atoms with Crippen LogP contribution in [0, 0.1) is 6.92 Å². The molecular formula is C22H25F2N7O6. The summed E-state index contributed by atoms with van der Waals surface area (Å²) in [6.45, 7) is 1.15. The SMILES string of the molecule is COc1ccc(C)cc1NC(=O)Nc1cnccn1.Nc1ccn([C@@H]2O[C@H](CO)[C@@H](O)C2(F)F)c(=O)n1. The van der Waals surface area contributed by atoms with Crippen LogP contribution in [0.1, 0.15) is 11.8 Å². The normalized spacial score (nSPS) is 19.9. The van der Waals surface area contributed by atoms with Gasteiger partial charge in [-0.25, -0.2) is 14.6 Å². The predicted octanol–water partition coefficient (Wildman–Crippen LogP) is 1.15. The van der Waals surface area contributed by atoms with Crippen LogP contribution in [0.15, 0.2) is 53.8 Å². The monoisotopic (exact) mass is 521 g/mol. The first-order chi connectivity index (χ1) is 17.6. The number of nitrogens with one attached hydrogen (secondary N) is 2. The Morgan fingerprint density at radius 3 is 2.65 bits per heavy atom. The van der Waals surface area contributed by atoms with Crippen LogP contribution in [0.2, 0.25) is 0 Å². The lowest BCUT2D eigenvalue weighted by atomic mass is 10.1. The van der Waals surface area contributed by atoms with Crippen molar-refractivity contribution in [2.24, 2.45) is 0 Å². The van der Waals surface area contributed by atoms with Gasteiger partial charge in [-0.1, -0.05) is 6.07 Å². The molecule has 0 unspecified atom stereocenters. The van der Waals surface area contributed by atoms with E-state index in [9.17, 15) is 23.5 Å². The van der Waals surface area contributed by atoms with Gasteiger partial charge < -0.3 is 30.7 Å². The number of urea groups is 1. The Labute approximate surface area is 208 Å². The van der Waals surface area contributed by atoms with Gasteiger partial charge in [0.2, 0.25) is 6.23 Å². The lowest BCUT2D eigenvalue weighted by molar-refractivity contribution is -0.140. The van der Waals surface area contributed by atoms with Gasteiger partial charge in [0.05, 0.1) is 25.6 Å². The Morgan fingerprint density at radius 1 is 1.30 bits per heavy atom. The lowest BCUT2D eigenvalue weighted by Crippen LogP contribution is -2.41. The van der Waals surface area contributed by atoms with Crippen molar-refractivity contribution in [3.05, 3.63) is 65.1 Å². The van der Waals surface area contributed by atoms with Crippen molar-refractivity contribution in [3.8, 4) is 5.75 Å². The number of carbonyl (C=O) groups excluding carboxylic acids is 1. The molecule has 1 aliphatic rings. The third-order valence-electron chi connectivity index (χ3n) is 5.07. The Kier molecular flexibility index (Phi) is 8.65. The molecule has 2 amide bonds. The number of aromatic nitrogens is 4. The molecule has 1 saturated heterocycles. The van der Waals surface area contributed by atoms with Gasteiger partial charge in [0.15, 0.2) is 11.9 Å². The Morgan fingerprint density at radius 2 is 2.05 bits per heavy atom. The van der Waals surface area contributed by atoms with Crippen molar-refractivity contribution in [3.63, 3.8) is 0 Å². The predicted molar refractivity (Wildman–Crippen MR) is 127 cm³/mol. The topological polar surface area (TPSA) is 187 Å². The number of nitrogen functional groups attached to an aromatic ring is 1. The van der Waals surface area contributed by atoms with Crippen LogP contribution in [-0.4, -0.2) is 67.6 Å². The minimum absolute atomic E-state index is 0.114. The van der Waals surface area contributed by atoms with E-state index in [0.717, 1.165) is 17.8 Å². The number of nitrogens with zero attached hydrogens (tertiary/aromatic N) is 4. The number of halogens is 2. The highest BCUT2D eigenvalue weighted by molar-refractivity contribution is 6.00. The number of alkyl halides is 2. The van der Waals surface area contributed by atoms with Crippen LogP contribution in [-0.2, 0) is 4.74 Å². The summed E-state index contributed by atoms with van der Waals surface area (Å²) in [5.74, 6) is -2.85. The van der Waals surface area contributed by atoms with E-state index in [1.807, 2.05) is 19.1 Å². The van der Waals surface area contributed by atoms with E-state index in [1.54, 1.807) is 13.2 Å². The summed E-state index contributed by atoms with van der Waals surface area (Å²) in [5, 5.41) is 23.4. The number of methoxy groups -OCH3 is 1. The third-order valence-corrected chi connectivity index (χ3v) is 5.07. The van der Waals surface area contributed by atoms with Gasteiger partial charge in [-0.2, -0.15) is 13.8 Å². The summed E-state index contributed by atoms with van der Waals surface area (Å²) in [5.41, 5.74) is 5.83. The maximum absolute atomic E-state index is 13.7. The van der Waals surface area contributed by atoms with Crippen LogP contribution < -0.4 is 26.8 Å². The number of benzene rings is 1. The van der Waals surface area contributed by atoms with E-state index in [-0.39, 0.29) is 5.82 Å². The van der Waals surface area contributed by atoms with Crippen molar-refractivity contribution < 1.29 is 33.3 Å². The third kappa shape index (κ3) is 6.52. The van der Waals surface area contributed by atoms with E-state index in [2.05, 4.69) is 25.6 Å². The molecule has 0 saturated carbocycles. The van der Waals surface area contributed by atoms with Crippen molar-refractivity contribution in [1.29, 1.82) is 0 Å². The van der Waals surface area contributed by atoms with Gasteiger partial charge in [-0.3, -0.25) is 14.9 Å².